The number of anilines is 1. The van der Waals surface area contributed by atoms with Gasteiger partial charge in [-0.05, 0) is 29.8 Å². The number of benzene rings is 2. The molecular weight excluding hydrogens is 382 g/mol. The highest BCUT2D eigenvalue weighted by molar-refractivity contribution is 8.14. The second kappa shape index (κ2) is 8.44. The first-order valence-electron chi connectivity index (χ1n) is 8.15. The molecule has 2 aromatic rings. The van der Waals surface area contributed by atoms with Crippen LogP contribution in [0.3, 0.4) is 0 Å². The zero-order valence-corrected chi connectivity index (χ0v) is 15.3. The summed E-state index contributed by atoms with van der Waals surface area (Å²) in [5, 5.41) is 17.6. The maximum Gasteiger partial charge on any atom is 0.269 e. The van der Waals surface area contributed by atoms with Crippen LogP contribution < -0.4 is 10.6 Å². The molecule has 1 aliphatic heterocycles. The maximum absolute atomic E-state index is 12.5. The Hall–Kier alpha value is -3.53. The standard InChI is InChI=1S/C18H15N5O4S/c19-18(21-20-11-12-6-8-14(9-7-12)23(26)27)28-15-10-16(24)22(17(15)25)13-4-2-1-3-5-13/h1-9,11,15H,10H2,(H2,19,21)/b20-11-/t15-/m0/s1. The van der Waals surface area contributed by atoms with Gasteiger partial charge in [0.2, 0.25) is 11.8 Å². The number of amidine groups is 1. The van der Waals surface area contributed by atoms with Crippen LogP contribution in [0, 0.1) is 10.1 Å². The van der Waals surface area contributed by atoms with Gasteiger partial charge in [-0.25, -0.2) is 4.90 Å². The number of hydrogen-bond acceptors (Lipinski definition) is 7. The van der Waals surface area contributed by atoms with Crippen molar-refractivity contribution in [1.29, 1.82) is 0 Å². The van der Waals surface area contributed by atoms with Crippen LogP contribution in [0.5, 0.6) is 0 Å². The molecule has 3 rings (SSSR count). The molecule has 28 heavy (non-hydrogen) atoms. The summed E-state index contributed by atoms with van der Waals surface area (Å²) in [6.07, 6.45) is 1.41. The van der Waals surface area contributed by atoms with Crippen molar-refractivity contribution in [1.82, 2.24) is 0 Å². The molecule has 1 aliphatic rings. The Balaban J connectivity index is 1.62. The summed E-state index contributed by atoms with van der Waals surface area (Å²) in [6.45, 7) is 0. The van der Waals surface area contributed by atoms with E-state index in [1.54, 1.807) is 30.3 Å². The SMILES string of the molecule is NC(=N/N=C\c1ccc([N+](=O)[O-])cc1)S[C@H]1CC(=O)N(c2ccccc2)C1=O. The second-order valence-electron chi connectivity index (χ2n) is 5.75. The number of rotatable bonds is 5. The molecule has 0 spiro atoms. The minimum absolute atomic E-state index is 0.0249. The topological polar surface area (TPSA) is 131 Å². The van der Waals surface area contributed by atoms with Crippen molar-refractivity contribution in [3.63, 3.8) is 0 Å². The highest BCUT2D eigenvalue weighted by Gasteiger charge is 2.40. The second-order valence-corrected chi connectivity index (χ2v) is 6.97. The molecular formula is C18H15N5O4S. The lowest BCUT2D eigenvalue weighted by Crippen LogP contribution is -2.31. The quantitative estimate of drug-likeness (QED) is 0.271. The summed E-state index contributed by atoms with van der Waals surface area (Å²) >= 11 is 0.972. The molecule has 1 atom stereocenters. The molecule has 0 aromatic heterocycles. The highest BCUT2D eigenvalue weighted by Crippen LogP contribution is 2.29. The van der Waals surface area contributed by atoms with Crippen LogP contribution in [0.25, 0.3) is 0 Å². The molecule has 0 unspecified atom stereocenters. The number of nitro groups is 1. The van der Waals surface area contributed by atoms with Gasteiger partial charge in [0.1, 0.15) is 5.25 Å². The highest BCUT2D eigenvalue weighted by atomic mass is 32.2. The van der Waals surface area contributed by atoms with E-state index in [-0.39, 0.29) is 29.1 Å². The predicted molar refractivity (Wildman–Crippen MR) is 107 cm³/mol. The third kappa shape index (κ3) is 4.41. The van der Waals surface area contributed by atoms with E-state index in [2.05, 4.69) is 10.2 Å². The van der Waals surface area contributed by atoms with E-state index in [0.29, 0.717) is 11.3 Å². The number of imide groups is 1. The van der Waals surface area contributed by atoms with Crippen molar-refractivity contribution in [3.05, 3.63) is 70.3 Å². The van der Waals surface area contributed by atoms with Crippen LogP contribution in [0.15, 0.2) is 64.8 Å². The monoisotopic (exact) mass is 397 g/mol. The van der Waals surface area contributed by atoms with Gasteiger partial charge in [-0.3, -0.25) is 19.7 Å². The van der Waals surface area contributed by atoms with E-state index in [0.717, 1.165) is 16.7 Å². The molecule has 0 aliphatic carbocycles. The van der Waals surface area contributed by atoms with Crippen molar-refractivity contribution in [2.45, 2.75) is 11.7 Å². The fraction of sp³-hybridized carbons (Fsp3) is 0.111. The van der Waals surface area contributed by atoms with Crippen LogP contribution >= 0.6 is 11.8 Å². The summed E-state index contributed by atoms with van der Waals surface area (Å²) in [6, 6.07) is 14.4. The van der Waals surface area contributed by atoms with Gasteiger partial charge in [-0.15, -0.1) is 5.10 Å². The molecule has 0 radical (unpaired) electrons. The maximum atomic E-state index is 12.5. The minimum atomic E-state index is -0.661. The van der Waals surface area contributed by atoms with E-state index in [1.807, 2.05) is 0 Å². The van der Waals surface area contributed by atoms with Gasteiger partial charge in [0.05, 0.1) is 16.8 Å². The number of amides is 2. The third-order valence-corrected chi connectivity index (χ3v) is 4.83. The van der Waals surface area contributed by atoms with Crippen molar-refractivity contribution in [3.8, 4) is 0 Å². The Bertz CT molecular complexity index is 960. The van der Waals surface area contributed by atoms with Crippen LogP contribution in [-0.4, -0.2) is 33.4 Å². The van der Waals surface area contributed by atoms with Gasteiger partial charge < -0.3 is 5.73 Å². The van der Waals surface area contributed by atoms with E-state index >= 15 is 0 Å². The Labute approximate surface area is 164 Å². The molecule has 2 amide bonds. The zero-order chi connectivity index (χ0) is 20.1. The molecule has 1 fully saturated rings. The van der Waals surface area contributed by atoms with Crippen LogP contribution in [0.4, 0.5) is 11.4 Å². The Morgan fingerprint density at radius 2 is 1.86 bits per heavy atom. The molecule has 1 heterocycles. The minimum Gasteiger partial charge on any atom is -0.377 e. The van der Waals surface area contributed by atoms with Crippen molar-refractivity contribution in [2.75, 3.05) is 4.90 Å². The first-order chi connectivity index (χ1) is 13.5. The Morgan fingerprint density at radius 1 is 1.18 bits per heavy atom. The molecule has 0 saturated carbocycles. The van der Waals surface area contributed by atoms with Gasteiger partial charge in [0.15, 0.2) is 5.17 Å². The van der Waals surface area contributed by atoms with Gasteiger partial charge >= 0.3 is 0 Å². The van der Waals surface area contributed by atoms with Crippen LogP contribution in [-0.2, 0) is 9.59 Å². The number of nitro benzene ring substituents is 1. The molecule has 10 heteroatoms. The van der Waals surface area contributed by atoms with E-state index in [9.17, 15) is 19.7 Å². The smallest absolute Gasteiger partial charge is 0.269 e. The number of carbonyl (C=O) groups excluding carboxylic acids is 2. The van der Waals surface area contributed by atoms with E-state index in [1.165, 1.54) is 30.5 Å². The lowest BCUT2D eigenvalue weighted by atomic mass is 10.2. The molecule has 142 valence electrons. The number of carbonyl (C=O) groups is 2. The largest absolute Gasteiger partial charge is 0.377 e. The molecule has 0 bridgehead atoms. The van der Waals surface area contributed by atoms with Crippen LogP contribution in [0.1, 0.15) is 12.0 Å². The van der Waals surface area contributed by atoms with E-state index in [4.69, 9.17) is 5.73 Å². The zero-order valence-electron chi connectivity index (χ0n) is 14.5. The summed E-state index contributed by atoms with van der Waals surface area (Å²) < 4.78 is 0. The molecule has 2 N–H and O–H groups in total. The molecule has 2 aromatic carbocycles. The average molecular weight is 397 g/mol. The molecule has 1 saturated heterocycles. The van der Waals surface area contributed by atoms with Gasteiger partial charge in [0.25, 0.3) is 5.69 Å². The normalized spacial score (nSPS) is 17.5. The van der Waals surface area contributed by atoms with E-state index < -0.39 is 10.2 Å². The Kier molecular flexibility index (Phi) is 5.80. The lowest BCUT2D eigenvalue weighted by Gasteiger charge is -2.14. The molecule has 9 nitrogen and oxygen atoms in total. The van der Waals surface area contributed by atoms with Gasteiger partial charge in [0, 0.05) is 18.6 Å². The summed E-state index contributed by atoms with van der Waals surface area (Å²) in [7, 11) is 0. The van der Waals surface area contributed by atoms with Crippen molar-refractivity contribution >= 4 is 46.3 Å². The fourth-order valence-corrected chi connectivity index (χ4v) is 3.37. The number of para-hydroxylation sites is 1. The van der Waals surface area contributed by atoms with Crippen molar-refractivity contribution in [2.24, 2.45) is 15.9 Å². The number of nitrogens with zero attached hydrogens (tertiary/aromatic N) is 4. The third-order valence-electron chi connectivity index (χ3n) is 3.85. The average Bonchev–Trinajstić information content (AvgIpc) is 2.96. The number of nitrogens with two attached hydrogens (primary N) is 1. The first kappa shape index (κ1) is 19.2. The number of hydrogen-bond donors (Lipinski definition) is 1. The van der Waals surface area contributed by atoms with Crippen molar-refractivity contribution < 1.29 is 14.5 Å². The summed E-state index contributed by atoms with van der Waals surface area (Å²) in [4.78, 5) is 36.0. The first-order valence-corrected chi connectivity index (χ1v) is 9.03. The number of non-ortho nitro benzene ring substituents is 1. The summed E-state index contributed by atoms with van der Waals surface area (Å²) in [5.74, 6) is -0.644. The van der Waals surface area contributed by atoms with Gasteiger partial charge in [-0.1, -0.05) is 30.0 Å². The van der Waals surface area contributed by atoms with Gasteiger partial charge in [-0.2, -0.15) is 5.10 Å². The summed E-state index contributed by atoms with van der Waals surface area (Å²) in [5.41, 5.74) is 6.90. The Morgan fingerprint density at radius 3 is 2.50 bits per heavy atom. The lowest BCUT2D eigenvalue weighted by molar-refractivity contribution is -0.384. The fourth-order valence-electron chi connectivity index (χ4n) is 2.55. The predicted octanol–water partition coefficient (Wildman–Crippen LogP) is 2.31. The number of thioether (sulfide) groups is 1. The van der Waals surface area contributed by atoms with Crippen LogP contribution in [0.2, 0.25) is 0 Å².